The molecule has 0 aliphatic carbocycles. The van der Waals surface area contributed by atoms with Gasteiger partial charge in [0.1, 0.15) is 0 Å². The average Bonchev–Trinajstić information content (AvgIpc) is 3.03. The van der Waals surface area contributed by atoms with Crippen LogP contribution in [0, 0.1) is 6.92 Å². The minimum atomic E-state index is 0.00541. The van der Waals surface area contributed by atoms with Crippen LogP contribution in [0.4, 0.5) is 5.69 Å². The largest absolute Gasteiger partial charge is 0.394 e. The van der Waals surface area contributed by atoms with Gasteiger partial charge in [0.25, 0.3) is 0 Å². The Kier molecular flexibility index (Phi) is 4.69. The van der Waals surface area contributed by atoms with E-state index in [2.05, 4.69) is 4.90 Å². The molecule has 0 amide bonds. The fourth-order valence-corrected chi connectivity index (χ4v) is 3.43. The van der Waals surface area contributed by atoms with Gasteiger partial charge in [0.05, 0.1) is 12.6 Å². The number of halogens is 1. The number of aryl methyl sites for hydroxylation is 1. The highest BCUT2D eigenvalue weighted by Gasteiger charge is 2.24. The van der Waals surface area contributed by atoms with E-state index in [1.54, 1.807) is 18.2 Å². The first-order valence-corrected chi connectivity index (χ1v) is 8.26. The molecule has 3 nitrogen and oxygen atoms in total. The SMILES string of the molecule is Cc1cc(Cl)ccc1C(=O)c1ccc(N2CCC[C@H]2CO)cc1. The van der Waals surface area contributed by atoms with E-state index in [-0.39, 0.29) is 18.4 Å². The van der Waals surface area contributed by atoms with Crippen LogP contribution in [-0.4, -0.2) is 30.1 Å². The van der Waals surface area contributed by atoms with E-state index in [9.17, 15) is 9.90 Å². The molecule has 0 aromatic heterocycles. The number of carbonyl (C=O) groups is 1. The molecule has 1 aliphatic rings. The Morgan fingerprint density at radius 2 is 2.00 bits per heavy atom. The summed E-state index contributed by atoms with van der Waals surface area (Å²) in [6.07, 6.45) is 2.11. The summed E-state index contributed by atoms with van der Waals surface area (Å²) in [6, 6.07) is 13.2. The maximum Gasteiger partial charge on any atom is 0.193 e. The van der Waals surface area contributed by atoms with Crippen LogP contribution in [0.25, 0.3) is 0 Å². The minimum Gasteiger partial charge on any atom is -0.394 e. The number of hydrogen-bond donors (Lipinski definition) is 1. The minimum absolute atomic E-state index is 0.00541. The second-order valence-electron chi connectivity index (χ2n) is 6.01. The van der Waals surface area contributed by atoms with E-state index in [0.29, 0.717) is 16.1 Å². The van der Waals surface area contributed by atoms with E-state index in [0.717, 1.165) is 30.6 Å². The third kappa shape index (κ3) is 3.26. The average molecular weight is 330 g/mol. The fourth-order valence-electron chi connectivity index (χ4n) is 3.21. The Labute approximate surface area is 141 Å². The van der Waals surface area contributed by atoms with Crippen molar-refractivity contribution in [2.75, 3.05) is 18.1 Å². The predicted octanol–water partition coefficient (Wildman–Crippen LogP) is 3.84. The zero-order valence-electron chi connectivity index (χ0n) is 13.1. The smallest absolute Gasteiger partial charge is 0.193 e. The molecule has 3 rings (SSSR count). The summed E-state index contributed by atoms with van der Waals surface area (Å²) in [5.74, 6) is 0.00541. The van der Waals surface area contributed by atoms with Crippen LogP contribution in [0.15, 0.2) is 42.5 Å². The monoisotopic (exact) mass is 329 g/mol. The van der Waals surface area contributed by atoms with Crippen LogP contribution in [0.2, 0.25) is 5.02 Å². The van der Waals surface area contributed by atoms with Crippen molar-refractivity contribution in [3.63, 3.8) is 0 Å². The summed E-state index contributed by atoms with van der Waals surface area (Å²) < 4.78 is 0. The zero-order chi connectivity index (χ0) is 16.4. The number of hydrogen-bond acceptors (Lipinski definition) is 3. The number of anilines is 1. The molecular weight excluding hydrogens is 310 g/mol. The van der Waals surface area contributed by atoms with Gasteiger partial charge >= 0.3 is 0 Å². The maximum atomic E-state index is 12.6. The number of benzene rings is 2. The highest BCUT2D eigenvalue weighted by atomic mass is 35.5. The molecule has 1 atom stereocenters. The van der Waals surface area contributed by atoms with Gasteiger partial charge in [-0.3, -0.25) is 4.79 Å². The molecule has 0 unspecified atom stereocenters. The van der Waals surface area contributed by atoms with Crippen LogP contribution in [0.1, 0.15) is 34.3 Å². The predicted molar refractivity (Wildman–Crippen MR) is 93.5 cm³/mol. The first-order chi connectivity index (χ1) is 11.1. The molecule has 1 heterocycles. The van der Waals surface area contributed by atoms with Crippen LogP contribution < -0.4 is 4.90 Å². The van der Waals surface area contributed by atoms with E-state index in [1.165, 1.54) is 0 Å². The number of aliphatic hydroxyl groups is 1. The standard InChI is InChI=1S/C19H20ClNO2/c1-13-11-15(20)6-9-18(13)19(23)14-4-7-16(8-5-14)21-10-2-3-17(21)12-22/h4-9,11,17,22H,2-3,10,12H2,1H3/t17-/m0/s1. The van der Waals surface area contributed by atoms with Crippen molar-refractivity contribution in [1.29, 1.82) is 0 Å². The Balaban J connectivity index is 1.83. The van der Waals surface area contributed by atoms with Crippen LogP contribution >= 0.6 is 11.6 Å². The second-order valence-corrected chi connectivity index (χ2v) is 6.44. The lowest BCUT2D eigenvalue weighted by molar-refractivity contribution is 0.103. The third-order valence-electron chi connectivity index (χ3n) is 4.48. The van der Waals surface area contributed by atoms with Gasteiger partial charge in [-0.05, 0) is 67.8 Å². The fraction of sp³-hybridized carbons (Fsp3) is 0.316. The molecule has 1 aliphatic heterocycles. The zero-order valence-corrected chi connectivity index (χ0v) is 13.9. The number of rotatable bonds is 4. The number of aliphatic hydroxyl groups excluding tert-OH is 1. The van der Waals surface area contributed by atoms with Crippen LogP contribution in [-0.2, 0) is 0 Å². The molecule has 0 radical (unpaired) electrons. The first-order valence-electron chi connectivity index (χ1n) is 7.88. The van der Waals surface area contributed by atoms with Crippen molar-refractivity contribution in [3.05, 3.63) is 64.2 Å². The van der Waals surface area contributed by atoms with Gasteiger partial charge in [0.2, 0.25) is 0 Å². The summed E-state index contributed by atoms with van der Waals surface area (Å²) in [5.41, 5.74) is 3.29. The topological polar surface area (TPSA) is 40.5 Å². The second kappa shape index (κ2) is 6.73. The molecular formula is C19H20ClNO2. The summed E-state index contributed by atoms with van der Waals surface area (Å²) in [5, 5.41) is 10.1. The van der Waals surface area contributed by atoms with Gasteiger partial charge in [-0.25, -0.2) is 0 Å². The Bertz CT molecular complexity index is 712. The maximum absolute atomic E-state index is 12.6. The lowest BCUT2D eigenvalue weighted by Gasteiger charge is -2.25. The van der Waals surface area contributed by atoms with Gasteiger partial charge in [-0.1, -0.05) is 11.6 Å². The van der Waals surface area contributed by atoms with Gasteiger partial charge in [-0.15, -0.1) is 0 Å². The molecule has 2 aromatic carbocycles. The molecule has 1 fully saturated rings. The van der Waals surface area contributed by atoms with Crippen molar-refractivity contribution >= 4 is 23.1 Å². The number of nitrogens with zero attached hydrogens (tertiary/aromatic N) is 1. The van der Waals surface area contributed by atoms with Crippen molar-refractivity contribution in [3.8, 4) is 0 Å². The molecule has 0 spiro atoms. The molecule has 2 aromatic rings. The number of carbonyl (C=O) groups excluding carboxylic acids is 1. The lowest BCUT2D eigenvalue weighted by Crippen LogP contribution is -2.31. The summed E-state index contributed by atoms with van der Waals surface area (Å²) >= 11 is 5.95. The van der Waals surface area contributed by atoms with Crippen molar-refractivity contribution in [1.82, 2.24) is 0 Å². The Morgan fingerprint density at radius 3 is 2.65 bits per heavy atom. The van der Waals surface area contributed by atoms with Gasteiger partial charge < -0.3 is 10.0 Å². The molecule has 4 heteroatoms. The van der Waals surface area contributed by atoms with Gasteiger partial charge in [0.15, 0.2) is 5.78 Å². The van der Waals surface area contributed by atoms with Crippen LogP contribution in [0.5, 0.6) is 0 Å². The Morgan fingerprint density at radius 1 is 1.26 bits per heavy atom. The molecule has 0 bridgehead atoms. The molecule has 0 saturated carbocycles. The highest BCUT2D eigenvalue weighted by Crippen LogP contribution is 2.26. The third-order valence-corrected chi connectivity index (χ3v) is 4.72. The van der Waals surface area contributed by atoms with Crippen LogP contribution in [0.3, 0.4) is 0 Å². The van der Waals surface area contributed by atoms with Crippen molar-refractivity contribution in [2.24, 2.45) is 0 Å². The molecule has 23 heavy (non-hydrogen) atoms. The lowest BCUT2D eigenvalue weighted by atomic mass is 9.99. The summed E-state index contributed by atoms with van der Waals surface area (Å²) in [7, 11) is 0. The highest BCUT2D eigenvalue weighted by molar-refractivity contribution is 6.30. The van der Waals surface area contributed by atoms with Crippen molar-refractivity contribution < 1.29 is 9.90 Å². The quantitative estimate of drug-likeness (QED) is 0.866. The number of ketones is 1. The van der Waals surface area contributed by atoms with E-state index < -0.39 is 0 Å². The van der Waals surface area contributed by atoms with E-state index >= 15 is 0 Å². The molecule has 1 N–H and O–H groups in total. The molecule has 1 saturated heterocycles. The Hall–Kier alpha value is -1.84. The van der Waals surface area contributed by atoms with Crippen molar-refractivity contribution in [2.45, 2.75) is 25.8 Å². The van der Waals surface area contributed by atoms with Gasteiger partial charge in [-0.2, -0.15) is 0 Å². The molecule has 120 valence electrons. The summed E-state index contributed by atoms with van der Waals surface area (Å²) in [4.78, 5) is 14.8. The normalized spacial score (nSPS) is 17.5. The first kappa shape index (κ1) is 16.0. The van der Waals surface area contributed by atoms with E-state index in [4.69, 9.17) is 11.6 Å². The summed E-state index contributed by atoms with van der Waals surface area (Å²) in [6.45, 7) is 3.02. The van der Waals surface area contributed by atoms with Gasteiger partial charge in [0, 0.05) is 28.4 Å². The van der Waals surface area contributed by atoms with E-state index in [1.807, 2.05) is 31.2 Å².